The number of aryl methyl sites for hydroxylation is 1. The molecule has 1 aromatic carbocycles. The molecule has 4 rings (SSSR count). The summed E-state index contributed by atoms with van der Waals surface area (Å²) in [4.78, 5) is 20.8. The first kappa shape index (κ1) is 19.3. The number of aromatic amines is 1. The van der Waals surface area contributed by atoms with Crippen LogP contribution in [-0.4, -0.2) is 53.2 Å². The van der Waals surface area contributed by atoms with Crippen LogP contribution < -0.4 is 20.5 Å². The van der Waals surface area contributed by atoms with Gasteiger partial charge in [-0.1, -0.05) is 11.6 Å². The van der Waals surface area contributed by atoms with Gasteiger partial charge >= 0.3 is 0 Å². The molecule has 0 radical (unpaired) electrons. The van der Waals surface area contributed by atoms with Crippen molar-refractivity contribution in [3.63, 3.8) is 0 Å². The van der Waals surface area contributed by atoms with E-state index in [0.717, 1.165) is 29.9 Å². The lowest BCUT2D eigenvalue weighted by atomic mass is 10.0. The first-order chi connectivity index (χ1) is 14.0. The molecule has 0 bridgehead atoms. The van der Waals surface area contributed by atoms with Crippen molar-refractivity contribution in [1.29, 1.82) is 0 Å². The summed E-state index contributed by atoms with van der Waals surface area (Å²) in [7, 11) is 3.48. The molecule has 1 fully saturated rings. The third kappa shape index (κ3) is 4.06. The van der Waals surface area contributed by atoms with Gasteiger partial charge in [0.05, 0.1) is 38.4 Å². The van der Waals surface area contributed by atoms with Crippen molar-refractivity contribution >= 4 is 28.9 Å². The van der Waals surface area contributed by atoms with Gasteiger partial charge in [0.15, 0.2) is 0 Å². The van der Waals surface area contributed by atoms with Gasteiger partial charge in [0.1, 0.15) is 10.8 Å². The lowest BCUT2D eigenvalue weighted by molar-refractivity contribution is 0.122. The predicted octanol–water partition coefficient (Wildman–Crippen LogP) is 2.41. The third-order valence-electron chi connectivity index (χ3n) is 4.69. The normalized spacial score (nSPS) is 14.1. The summed E-state index contributed by atoms with van der Waals surface area (Å²) in [6, 6.07) is 3.94. The van der Waals surface area contributed by atoms with E-state index in [4.69, 9.17) is 21.1 Å². The number of methoxy groups -OCH3 is 1. The Morgan fingerprint density at radius 2 is 2.07 bits per heavy atom. The largest absolute Gasteiger partial charge is 0.494 e. The first-order valence-corrected chi connectivity index (χ1v) is 9.48. The van der Waals surface area contributed by atoms with E-state index in [1.54, 1.807) is 11.8 Å². The standard InChI is InChI=1S/C19H21ClN6O3/c1-25-11-12(9-22-25)13-7-15(23-19-21-10-14(20)18(27)24-19)17(28-2)8-16(13)26-3-5-29-6-4-26/h7-11H,3-6H2,1-2H3,(H2,21,23,24,27). The minimum Gasteiger partial charge on any atom is -0.494 e. The first-order valence-electron chi connectivity index (χ1n) is 9.11. The number of nitrogens with one attached hydrogen (secondary N) is 2. The number of anilines is 3. The number of ether oxygens (including phenoxy) is 2. The number of hydrogen-bond donors (Lipinski definition) is 2. The van der Waals surface area contributed by atoms with Crippen molar-refractivity contribution in [2.75, 3.05) is 43.6 Å². The van der Waals surface area contributed by atoms with E-state index in [2.05, 4.69) is 25.3 Å². The summed E-state index contributed by atoms with van der Waals surface area (Å²) in [6.07, 6.45) is 5.08. The van der Waals surface area contributed by atoms with Crippen molar-refractivity contribution in [3.05, 3.63) is 46.1 Å². The molecule has 152 valence electrons. The Kier molecular flexibility index (Phi) is 5.41. The van der Waals surface area contributed by atoms with Gasteiger partial charge in [0.25, 0.3) is 5.56 Å². The predicted molar refractivity (Wildman–Crippen MR) is 111 cm³/mol. The Morgan fingerprint density at radius 1 is 1.28 bits per heavy atom. The zero-order valence-electron chi connectivity index (χ0n) is 16.1. The molecule has 3 aromatic rings. The molecular formula is C19H21ClN6O3. The zero-order valence-corrected chi connectivity index (χ0v) is 16.9. The Balaban J connectivity index is 1.80. The summed E-state index contributed by atoms with van der Waals surface area (Å²) < 4.78 is 12.9. The SMILES string of the molecule is COc1cc(N2CCOCC2)c(-c2cnn(C)c2)cc1Nc1ncc(Cl)c(=O)[nH]1. The van der Waals surface area contributed by atoms with E-state index >= 15 is 0 Å². The highest BCUT2D eigenvalue weighted by Crippen LogP contribution is 2.40. The van der Waals surface area contributed by atoms with Gasteiger partial charge in [-0.25, -0.2) is 4.98 Å². The molecule has 1 aliphatic rings. The number of aromatic nitrogens is 4. The summed E-state index contributed by atoms with van der Waals surface area (Å²) in [5, 5.41) is 7.45. The molecule has 3 heterocycles. The molecule has 2 N–H and O–H groups in total. The third-order valence-corrected chi connectivity index (χ3v) is 4.96. The maximum Gasteiger partial charge on any atom is 0.271 e. The van der Waals surface area contributed by atoms with E-state index in [1.807, 2.05) is 31.6 Å². The second-order valence-electron chi connectivity index (χ2n) is 6.61. The Hall–Kier alpha value is -3.04. The topological polar surface area (TPSA) is 97.3 Å². The number of morpholine rings is 1. The maximum atomic E-state index is 11.8. The second-order valence-corrected chi connectivity index (χ2v) is 7.01. The van der Waals surface area contributed by atoms with Gasteiger partial charge in [-0.2, -0.15) is 5.10 Å². The Labute approximate surface area is 172 Å². The van der Waals surface area contributed by atoms with Gasteiger partial charge in [-0.15, -0.1) is 0 Å². The molecule has 2 aromatic heterocycles. The summed E-state index contributed by atoms with van der Waals surface area (Å²) in [5.41, 5.74) is 3.23. The quantitative estimate of drug-likeness (QED) is 0.659. The van der Waals surface area contributed by atoms with Crippen molar-refractivity contribution < 1.29 is 9.47 Å². The van der Waals surface area contributed by atoms with Gasteiger partial charge in [0.2, 0.25) is 5.95 Å². The maximum absolute atomic E-state index is 11.8. The fraction of sp³-hybridized carbons (Fsp3) is 0.316. The van der Waals surface area contributed by atoms with Crippen LogP contribution in [0.3, 0.4) is 0 Å². The van der Waals surface area contributed by atoms with Crippen molar-refractivity contribution in [2.45, 2.75) is 0 Å². The average Bonchev–Trinajstić information content (AvgIpc) is 3.17. The summed E-state index contributed by atoms with van der Waals surface area (Å²) in [6.45, 7) is 2.92. The Bertz CT molecular complexity index is 1070. The van der Waals surface area contributed by atoms with Crippen molar-refractivity contribution in [3.8, 4) is 16.9 Å². The highest BCUT2D eigenvalue weighted by Gasteiger charge is 2.20. The molecule has 0 spiro atoms. The molecule has 9 nitrogen and oxygen atoms in total. The van der Waals surface area contributed by atoms with E-state index in [1.165, 1.54) is 6.20 Å². The number of nitrogens with zero attached hydrogens (tertiary/aromatic N) is 4. The van der Waals surface area contributed by atoms with Crippen LogP contribution in [0.25, 0.3) is 11.1 Å². The number of rotatable bonds is 5. The van der Waals surface area contributed by atoms with E-state index in [9.17, 15) is 4.79 Å². The minimum atomic E-state index is -0.416. The molecule has 0 amide bonds. The molecule has 0 saturated carbocycles. The molecule has 29 heavy (non-hydrogen) atoms. The zero-order chi connectivity index (χ0) is 20.4. The molecule has 1 aliphatic heterocycles. The van der Waals surface area contributed by atoms with Crippen LogP contribution in [-0.2, 0) is 11.8 Å². The average molecular weight is 417 g/mol. The van der Waals surface area contributed by atoms with E-state index in [-0.39, 0.29) is 11.0 Å². The van der Waals surface area contributed by atoms with Crippen LogP contribution >= 0.6 is 11.6 Å². The molecule has 0 atom stereocenters. The number of hydrogen-bond acceptors (Lipinski definition) is 7. The lowest BCUT2D eigenvalue weighted by Crippen LogP contribution is -2.36. The smallest absolute Gasteiger partial charge is 0.271 e. The van der Waals surface area contributed by atoms with Crippen LogP contribution in [0.4, 0.5) is 17.3 Å². The number of benzene rings is 1. The molecule has 0 unspecified atom stereocenters. The van der Waals surface area contributed by atoms with Crippen LogP contribution in [0, 0.1) is 0 Å². The fourth-order valence-electron chi connectivity index (χ4n) is 3.26. The fourth-order valence-corrected chi connectivity index (χ4v) is 3.36. The van der Waals surface area contributed by atoms with E-state index in [0.29, 0.717) is 24.7 Å². The molecular weight excluding hydrogens is 396 g/mol. The molecule has 1 saturated heterocycles. The highest BCUT2D eigenvalue weighted by molar-refractivity contribution is 6.30. The van der Waals surface area contributed by atoms with Gasteiger partial charge in [-0.05, 0) is 6.07 Å². The minimum absolute atomic E-state index is 0.0289. The molecule has 10 heteroatoms. The number of halogens is 1. The van der Waals surface area contributed by atoms with Crippen molar-refractivity contribution in [2.24, 2.45) is 7.05 Å². The second kappa shape index (κ2) is 8.14. The summed E-state index contributed by atoms with van der Waals surface area (Å²) in [5.74, 6) is 0.894. The van der Waals surface area contributed by atoms with Gasteiger partial charge in [-0.3, -0.25) is 14.5 Å². The van der Waals surface area contributed by atoms with Crippen molar-refractivity contribution in [1.82, 2.24) is 19.7 Å². The van der Waals surface area contributed by atoms with Crippen LogP contribution in [0.2, 0.25) is 5.02 Å². The van der Waals surface area contributed by atoms with Gasteiger partial charge < -0.3 is 19.7 Å². The number of H-pyrrole nitrogens is 1. The lowest BCUT2D eigenvalue weighted by Gasteiger charge is -2.31. The van der Waals surface area contributed by atoms with Crippen LogP contribution in [0.1, 0.15) is 0 Å². The summed E-state index contributed by atoms with van der Waals surface area (Å²) >= 11 is 5.77. The van der Waals surface area contributed by atoms with Crippen LogP contribution in [0.15, 0.2) is 35.5 Å². The van der Waals surface area contributed by atoms with Gasteiger partial charge in [0, 0.05) is 49.2 Å². The highest BCUT2D eigenvalue weighted by atomic mass is 35.5. The Morgan fingerprint density at radius 3 is 2.72 bits per heavy atom. The molecule has 0 aliphatic carbocycles. The van der Waals surface area contributed by atoms with Crippen LogP contribution in [0.5, 0.6) is 5.75 Å². The van der Waals surface area contributed by atoms with E-state index < -0.39 is 5.56 Å². The monoisotopic (exact) mass is 416 g/mol.